The first kappa shape index (κ1) is 18.2. The molecule has 4 nitrogen and oxygen atoms in total. The normalized spacial score (nSPS) is 12.6. The molecule has 0 radical (unpaired) electrons. The second kappa shape index (κ2) is 7.62. The molecule has 0 saturated carbocycles. The lowest BCUT2D eigenvalue weighted by atomic mass is 10.0. The van der Waals surface area contributed by atoms with Gasteiger partial charge in [-0.1, -0.05) is 48.9 Å². The molecule has 1 atom stereocenters. The van der Waals surface area contributed by atoms with E-state index in [1.54, 1.807) is 24.3 Å². The van der Waals surface area contributed by atoms with Gasteiger partial charge in [0.2, 0.25) is 0 Å². The average molecular weight is 345 g/mol. The monoisotopic (exact) mass is 345 g/mol. The van der Waals surface area contributed by atoms with Crippen molar-refractivity contribution in [3.05, 3.63) is 70.8 Å². The van der Waals surface area contributed by atoms with Crippen LogP contribution in [0.3, 0.4) is 0 Å². The number of aryl methyl sites for hydroxylation is 1. The highest BCUT2D eigenvalue weighted by atomic mass is 32.2. The minimum Gasteiger partial charge on any atom is -0.345 e. The van der Waals surface area contributed by atoms with Gasteiger partial charge >= 0.3 is 0 Å². The molecule has 0 spiro atoms. The molecule has 0 aromatic heterocycles. The summed E-state index contributed by atoms with van der Waals surface area (Å²) < 4.78 is 22.8. The van der Waals surface area contributed by atoms with E-state index >= 15 is 0 Å². The third kappa shape index (κ3) is 5.20. The van der Waals surface area contributed by atoms with E-state index in [9.17, 15) is 13.2 Å². The number of nitrogens with one attached hydrogen (secondary N) is 1. The van der Waals surface area contributed by atoms with Gasteiger partial charge < -0.3 is 5.32 Å². The van der Waals surface area contributed by atoms with Gasteiger partial charge in [0.15, 0.2) is 9.84 Å². The van der Waals surface area contributed by atoms with Crippen LogP contribution < -0.4 is 5.32 Å². The molecular weight excluding hydrogens is 322 g/mol. The van der Waals surface area contributed by atoms with E-state index in [4.69, 9.17) is 0 Å². The van der Waals surface area contributed by atoms with E-state index in [2.05, 4.69) is 5.32 Å². The van der Waals surface area contributed by atoms with E-state index in [1.165, 1.54) is 11.8 Å². The van der Waals surface area contributed by atoms with Crippen molar-refractivity contribution >= 4 is 15.7 Å². The number of hydrogen-bond acceptors (Lipinski definition) is 3. The quantitative estimate of drug-likeness (QED) is 0.872. The molecule has 2 aromatic carbocycles. The number of carbonyl (C=O) groups is 1. The van der Waals surface area contributed by atoms with E-state index in [1.807, 2.05) is 38.1 Å². The molecule has 5 heteroatoms. The van der Waals surface area contributed by atoms with Gasteiger partial charge in [0.25, 0.3) is 5.91 Å². The molecule has 0 saturated heterocycles. The Bertz CT molecular complexity index is 811. The van der Waals surface area contributed by atoms with Crippen molar-refractivity contribution in [2.24, 2.45) is 0 Å². The SMILES string of the molecule is CCC(NC(=O)c1cccc(CS(C)(=O)=O)c1)c1ccc(C)cc1. The smallest absolute Gasteiger partial charge is 0.251 e. The highest BCUT2D eigenvalue weighted by Gasteiger charge is 2.15. The maximum Gasteiger partial charge on any atom is 0.251 e. The van der Waals surface area contributed by atoms with Crippen molar-refractivity contribution in [3.63, 3.8) is 0 Å². The molecular formula is C19H23NO3S. The predicted octanol–water partition coefficient (Wildman–Crippen LogP) is 3.42. The van der Waals surface area contributed by atoms with Crippen LogP contribution in [0.4, 0.5) is 0 Å². The second-order valence-corrected chi connectivity index (χ2v) is 8.26. The summed E-state index contributed by atoms with van der Waals surface area (Å²) >= 11 is 0. The summed E-state index contributed by atoms with van der Waals surface area (Å²) in [7, 11) is -3.13. The third-order valence-electron chi connectivity index (χ3n) is 3.81. The van der Waals surface area contributed by atoms with Gasteiger partial charge in [-0.3, -0.25) is 4.79 Å². The van der Waals surface area contributed by atoms with Gasteiger partial charge in [-0.15, -0.1) is 0 Å². The molecule has 1 N–H and O–H groups in total. The Morgan fingerprint density at radius 1 is 1.12 bits per heavy atom. The number of carbonyl (C=O) groups excluding carboxylic acids is 1. The average Bonchev–Trinajstić information content (AvgIpc) is 2.52. The van der Waals surface area contributed by atoms with Crippen LogP contribution in [0.15, 0.2) is 48.5 Å². The molecule has 2 rings (SSSR count). The fourth-order valence-electron chi connectivity index (χ4n) is 2.57. The zero-order chi connectivity index (χ0) is 17.7. The number of amides is 1. The van der Waals surface area contributed by atoms with Gasteiger partial charge in [0.05, 0.1) is 11.8 Å². The van der Waals surface area contributed by atoms with Gasteiger partial charge in [0, 0.05) is 11.8 Å². The Balaban J connectivity index is 2.16. The van der Waals surface area contributed by atoms with Gasteiger partial charge in [-0.2, -0.15) is 0 Å². The molecule has 2 aromatic rings. The fraction of sp³-hybridized carbons (Fsp3) is 0.316. The maximum atomic E-state index is 12.5. The van der Waals surface area contributed by atoms with E-state index in [0.29, 0.717) is 11.1 Å². The van der Waals surface area contributed by atoms with E-state index in [0.717, 1.165) is 12.0 Å². The van der Waals surface area contributed by atoms with Crippen LogP contribution in [-0.2, 0) is 15.6 Å². The van der Waals surface area contributed by atoms with Crippen LogP contribution in [0.2, 0.25) is 0 Å². The first-order valence-electron chi connectivity index (χ1n) is 7.92. The highest BCUT2D eigenvalue weighted by Crippen LogP contribution is 2.18. The maximum absolute atomic E-state index is 12.5. The predicted molar refractivity (Wildman–Crippen MR) is 96.7 cm³/mol. The molecule has 128 valence electrons. The number of sulfone groups is 1. The van der Waals surface area contributed by atoms with Crippen LogP contribution in [0.5, 0.6) is 0 Å². The van der Waals surface area contributed by atoms with Crippen molar-refractivity contribution in [2.75, 3.05) is 6.26 Å². The summed E-state index contributed by atoms with van der Waals surface area (Å²) in [5.74, 6) is -0.263. The van der Waals surface area contributed by atoms with Crippen LogP contribution in [0.25, 0.3) is 0 Å². The topological polar surface area (TPSA) is 63.2 Å². The first-order valence-corrected chi connectivity index (χ1v) is 9.98. The summed E-state index contributed by atoms with van der Waals surface area (Å²) in [4.78, 5) is 12.5. The molecule has 24 heavy (non-hydrogen) atoms. The van der Waals surface area contributed by atoms with Crippen molar-refractivity contribution in [1.82, 2.24) is 5.32 Å². The summed E-state index contributed by atoms with van der Waals surface area (Å²) in [5.41, 5.74) is 3.33. The van der Waals surface area contributed by atoms with Crippen LogP contribution in [-0.4, -0.2) is 20.6 Å². The Morgan fingerprint density at radius 2 is 1.79 bits per heavy atom. The second-order valence-electron chi connectivity index (χ2n) is 6.12. The molecule has 0 fully saturated rings. The van der Waals surface area contributed by atoms with Crippen molar-refractivity contribution < 1.29 is 13.2 Å². The number of rotatable bonds is 6. The summed E-state index contributed by atoms with van der Waals surface area (Å²) in [6, 6.07) is 14.8. The van der Waals surface area contributed by atoms with Gasteiger partial charge in [-0.05, 0) is 36.6 Å². The Kier molecular flexibility index (Phi) is 5.78. The lowest BCUT2D eigenvalue weighted by Gasteiger charge is -2.18. The minimum atomic E-state index is -3.13. The summed E-state index contributed by atoms with van der Waals surface area (Å²) in [6.45, 7) is 4.04. The lowest BCUT2D eigenvalue weighted by molar-refractivity contribution is 0.0935. The zero-order valence-corrected chi connectivity index (χ0v) is 15.1. The van der Waals surface area contributed by atoms with Crippen LogP contribution in [0, 0.1) is 6.92 Å². The minimum absolute atomic E-state index is 0.0662. The first-order chi connectivity index (χ1) is 11.3. The lowest BCUT2D eigenvalue weighted by Crippen LogP contribution is -2.28. The summed E-state index contributed by atoms with van der Waals surface area (Å²) in [6.07, 6.45) is 1.96. The van der Waals surface area contributed by atoms with Gasteiger partial charge in [0.1, 0.15) is 0 Å². The van der Waals surface area contributed by atoms with E-state index in [-0.39, 0.29) is 17.7 Å². The third-order valence-corrected chi connectivity index (χ3v) is 4.67. The Morgan fingerprint density at radius 3 is 2.38 bits per heavy atom. The summed E-state index contributed by atoms with van der Waals surface area (Å²) in [5, 5.41) is 3.02. The van der Waals surface area contributed by atoms with Crippen molar-refractivity contribution in [1.29, 1.82) is 0 Å². The zero-order valence-electron chi connectivity index (χ0n) is 14.2. The molecule has 0 heterocycles. The molecule has 1 unspecified atom stereocenters. The molecule has 1 amide bonds. The van der Waals surface area contributed by atoms with Crippen LogP contribution >= 0.6 is 0 Å². The van der Waals surface area contributed by atoms with Crippen molar-refractivity contribution in [2.45, 2.75) is 32.1 Å². The number of benzene rings is 2. The standard InChI is InChI=1S/C19H23NO3S/c1-4-18(16-10-8-14(2)9-11-16)20-19(21)17-7-5-6-15(12-17)13-24(3,22)23/h5-12,18H,4,13H2,1-3H3,(H,20,21). The molecule has 0 aliphatic rings. The van der Waals surface area contributed by atoms with E-state index < -0.39 is 9.84 Å². The van der Waals surface area contributed by atoms with Crippen molar-refractivity contribution in [3.8, 4) is 0 Å². The molecule has 0 bridgehead atoms. The fourth-order valence-corrected chi connectivity index (χ4v) is 3.35. The highest BCUT2D eigenvalue weighted by molar-refractivity contribution is 7.89. The molecule has 0 aliphatic heterocycles. The largest absolute Gasteiger partial charge is 0.345 e. The Hall–Kier alpha value is -2.14. The number of hydrogen-bond donors (Lipinski definition) is 1. The Labute approximate surface area is 143 Å². The van der Waals surface area contributed by atoms with Gasteiger partial charge in [-0.25, -0.2) is 8.42 Å². The molecule has 0 aliphatic carbocycles. The van der Waals surface area contributed by atoms with Crippen LogP contribution in [0.1, 0.15) is 46.4 Å².